The van der Waals surface area contributed by atoms with Crippen molar-refractivity contribution in [1.29, 1.82) is 0 Å². The van der Waals surface area contributed by atoms with Crippen LogP contribution in [0.2, 0.25) is 0 Å². The van der Waals surface area contributed by atoms with Gasteiger partial charge in [-0.3, -0.25) is 0 Å². The molecule has 3 heteroatoms. The number of hydrogen-bond donors (Lipinski definition) is 1. The summed E-state index contributed by atoms with van der Waals surface area (Å²) >= 11 is 0. The van der Waals surface area contributed by atoms with Crippen molar-refractivity contribution in [2.75, 3.05) is 20.8 Å². The Morgan fingerprint density at radius 2 is 1.86 bits per heavy atom. The molecule has 2 aromatic rings. The van der Waals surface area contributed by atoms with Gasteiger partial charge in [0.2, 0.25) is 0 Å². The molecule has 0 aromatic heterocycles. The Bertz CT molecular complexity index is 637. The molecule has 2 aromatic carbocycles. The predicted molar refractivity (Wildman–Crippen MR) is 91.8 cm³/mol. The van der Waals surface area contributed by atoms with Crippen molar-refractivity contribution < 1.29 is 9.47 Å². The first-order chi connectivity index (χ1) is 10.6. The summed E-state index contributed by atoms with van der Waals surface area (Å²) in [4.78, 5) is 0. The molecule has 22 heavy (non-hydrogen) atoms. The zero-order valence-electron chi connectivity index (χ0n) is 13.8. The third kappa shape index (κ3) is 3.42. The second-order valence-electron chi connectivity index (χ2n) is 5.65. The Morgan fingerprint density at radius 3 is 2.45 bits per heavy atom. The van der Waals surface area contributed by atoms with E-state index in [0.29, 0.717) is 12.5 Å². The first kappa shape index (κ1) is 16.4. The molecule has 0 saturated carbocycles. The summed E-state index contributed by atoms with van der Waals surface area (Å²) in [6, 6.07) is 12.7. The number of ether oxygens (including phenoxy) is 2. The second-order valence-corrected chi connectivity index (χ2v) is 5.65. The standard InChI is InChI=1S/C19H25NO2/c1-13-6-5-7-15(10-13)17-11-16(14(2)8-9-20)12-18(21-3)19(17)22-4/h5-7,10-12,14H,8-9,20H2,1-4H3. The molecule has 2 N–H and O–H groups in total. The molecule has 1 atom stereocenters. The molecule has 2 rings (SSSR count). The summed E-state index contributed by atoms with van der Waals surface area (Å²) in [6.07, 6.45) is 0.947. The lowest BCUT2D eigenvalue weighted by atomic mass is 9.92. The van der Waals surface area contributed by atoms with Crippen LogP contribution < -0.4 is 15.2 Å². The Labute approximate surface area is 133 Å². The molecule has 0 bridgehead atoms. The maximum atomic E-state index is 5.71. The van der Waals surface area contributed by atoms with E-state index in [-0.39, 0.29) is 0 Å². The lowest BCUT2D eigenvalue weighted by Crippen LogP contribution is -2.05. The van der Waals surface area contributed by atoms with E-state index in [1.54, 1.807) is 14.2 Å². The van der Waals surface area contributed by atoms with E-state index in [4.69, 9.17) is 15.2 Å². The minimum absolute atomic E-state index is 0.383. The van der Waals surface area contributed by atoms with Crippen molar-refractivity contribution >= 4 is 0 Å². The molecular weight excluding hydrogens is 274 g/mol. The second kappa shape index (κ2) is 7.32. The van der Waals surface area contributed by atoms with Gasteiger partial charge < -0.3 is 15.2 Å². The first-order valence-electron chi connectivity index (χ1n) is 7.63. The fourth-order valence-electron chi connectivity index (χ4n) is 2.71. The van der Waals surface area contributed by atoms with E-state index in [1.807, 2.05) is 0 Å². The Morgan fingerprint density at radius 1 is 1.09 bits per heavy atom. The van der Waals surface area contributed by atoms with Crippen molar-refractivity contribution in [3.05, 3.63) is 47.5 Å². The van der Waals surface area contributed by atoms with Gasteiger partial charge in [-0.2, -0.15) is 0 Å². The van der Waals surface area contributed by atoms with Crippen LogP contribution in [0.15, 0.2) is 36.4 Å². The van der Waals surface area contributed by atoms with Crippen LogP contribution in [0.4, 0.5) is 0 Å². The van der Waals surface area contributed by atoms with Gasteiger partial charge in [-0.1, -0.05) is 36.8 Å². The van der Waals surface area contributed by atoms with Crippen molar-refractivity contribution in [3.8, 4) is 22.6 Å². The molecular formula is C19H25NO2. The van der Waals surface area contributed by atoms with Gasteiger partial charge in [0.05, 0.1) is 14.2 Å². The number of hydrogen-bond acceptors (Lipinski definition) is 3. The monoisotopic (exact) mass is 299 g/mol. The fourth-order valence-corrected chi connectivity index (χ4v) is 2.71. The van der Waals surface area contributed by atoms with E-state index in [0.717, 1.165) is 29.0 Å². The lowest BCUT2D eigenvalue weighted by molar-refractivity contribution is 0.355. The molecule has 0 saturated heterocycles. The van der Waals surface area contributed by atoms with Crippen molar-refractivity contribution in [1.82, 2.24) is 0 Å². The minimum atomic E-state index is 0.383. The Kier molecular flexibility index (Phi) is 5.45. The molecule has 0 heterocycles. The molecule has 1 unspecified atom stereocenters. The highest BCUT2D eigenvalue weighted by molar-refractivity contribution is 5.75. The summed E-state index contributed by atoms with van der Waals surface area (Å²) in [5.74, 6) is 1.92. The molecule has 0 spiro atoms. The summed E-state index contributed by atoms with van der Waals surface area (Å²) in [5.41, 5.74) is 10.3. The molecule has 118 valence electrons. The number of aryl methyl sites for hydroxylation is 1. The van der Waals surface area contributed by atoms with Gasteiger partial charge in [-0.05, 0) is 49.1 Å². The highest BCUT2D eigenvalue weighted by atomic mass is 16.5. The van der Waals surface area contributed by atoms with Gasteiger partial charge in [0.25, 0.3) is 0 Å². The highest BCUT2D eigenvalue weighted by Gasteiger charge is 2.16. The molecule has 0 radical (unpaired) electrons. The third-order valence-corrected chi connectivity index (χ3v) is 4.00. The van der Waals surface area contributed by atoms with E-state index >= 15 is 0 Å². The SMILES string of the molecule is COc1cc(C(C)CCN)cc(-c2cccc(C)c2)c1OC. The quantitative estimate of drug-likeness (QED) is 0.872. The van der Waals surface area contributed by atoms with Crippen LogP contribution >= 0.6 is 0 Å². The largest absolute Gasteiger partial charge is 0.493 e. The average Bonchev–Trinajstić information content (AvgIpc) is 2.53. The zero-order chi connectivity index (χ0) is 16.1. The summed E-state index contributed by atoms with van der Waals surface area (Å²) < 4.78 is 11.1. The molecule has 0 aliphatic carbocycles. The maximum absolute atomic E-state index is 5.71. The number of rotatable bonds is 6. The summed E-state index contributed by atoms with van der Waals surface area (Å²) in [5, 5.41) is 0. The van der Waals surface area contributed by atoms with E-state index in [9.17, 15) is 0 Å². The van der Waals surface area contributed by atoms with Crippen LogP contribution in [0.3, 0.4) is 0 Å². The summed E-state index contributed by atoms with van der Waals surface area (Å²) in [7, 11) is 3.36. The smallest absolute Gasteiger partial charge is 0.168 e. The fraction of sp³-hybridized carbons (Fsp3) is 0.368. The van der Waals surface area contributed by atoms with Gasteiger partial charge >= 0.3 is 0 Å². The maximum Gasteiger partial charge on any atom is 0.168 e. The average molecular weight is 299 g/mol. The Balaban J connectivity index is 2.61. The van der Waals surface area contributed by atoms with Gasteiger partial charge in [0, 0.05) is 5.56 Å². The summed E-state index contributed by atoms with van der Waals surface area (Å²) in [6.45, 7) is 4.96. The van der Waals surface area contributed by atoms with Crippen LogP contribution in [-0.4, -0.2) is 20.8 Å². The zero-order valence-corrected chi connectivity index (χ0v) is 13.8. The van der Waals surface area contributed by atoms with Crippen LogP contribution in [0.25, 0.3) is 11.1 Å². The highest BCUT2D eigenvalue weighted by Crippen LogP contribution is 2.41. The van der Waals surface area contributed by atoms with Crippen LogP contribution in [0, 0.1) is 6.92 Å². The predicted octanol–water partition coefficient (Wildman–Crippen LogP) is 4.13. The number of benzene rings is 2. The van der Waals surface area contributed by atoms with Gasteiger partial charge in [0.15, 0.2) is 11.5 Å². The van der Waals surface area contributed by atoms with E-state index in [1.165, 1.54) is 11.1 Å². The molecule has 0 amide bonds. The third-order valence-electron chi connectivity index (χ3n) is 4.00. The van der Waals surface area contributed by atoms with Crippen molar-refractivity contribution in [2.45, 2.75) is 26.2 Å². The molecule has 3 nitrogen and oxygen atoms in total. The minimum Gasteiger partial charge on any atom is -0.493 e. The van der Waals surface area contributed by atoms with E-state index < -0.39 is 0 Å². The van der Waals surface area contributed by atoms with Crippen LogP contribution in [-0.2, 0) is 0 Å². The Hall–Kier alpha value is -2.00. The molecule has 0 aliphatic rings. The normalized spacial score (nSPS) is 12.0. The van der Waals surface area contributed by atoms with Crippen molar-refractivity contribution in [2.24, 2.45) is 5.73 Å². The van der Waals surface area contributed by atoms with Gasteiger partial charge in [0.1, 0.15) is 0 Å². The van der Waals surface area contributed by atoms with Crippen LogP contribution in [0.5, 0.6) is 11.5 Å². The number of methoxy groups -OCH3 is 2. The van der Waals surface area contributed by atoms with E-state index in [2.05, 4.69) is 50.2 Å². The molecule has 0 aliphatic heterocycles. The lowest BCUT2D eigenvalue weighted by Gasteiger charge is -2.18. The number of nitrogens with two attached hydrogens (primary N) is 1. The van der Waals surface area contributed by atoms with Gasteiger partial charge in [-0.15, -0.1) is 0 Å². The first-order valence-corrected chi connectivity index (χ1v) is 7.63. The van der Waals surface area contributed by atoms with Crippen LogP contribution in [0.1, 0.15) is 30.4 Å². The molecule has 0 fully saturated rings. The van der Waals surface area contributed by atoms with Gasteiger partial charge in [-0.25, -0.2) is 0 Å². The topological polar surface area (TPSA) is 44.5 Å². The van der Waals surface area contributed by atoms with Crippen molar-refractivity contribution in [3.63, 3.8) is 0 Å².